The van der Waals surface area contributed by atoms with E-state index in [1.165, 1.54) is 33.4 Å². The molecule has 2 aromatic carbocycles. The lowest BCUT2D eigenvalue weighted by molar-refractivity contribution is 1.46. The predicted molar refractivity (Wildman–Crippen MR) is 94.2 cm³/mol. The molecule has 0 bridgehead atoms. The molecule has 0 heteroatoms. The first kappa shape index (κ1) is 15.1. The van der Waals surface area contributed by atoms with Gasteiger partial charge in [-0.1, -0.05) is 78.9 Å². The largest absolute Gasteiger partial charge is 0.0988 e. The summed E-state index contributed by atoms with van der Waals surface area (Å²) in [6, 6.07) is 17.4. The summed E-state index contributed by atoms with van der Waals surface area (Å²) >= 11 is 0. The molecule has 0 heterocycles. The first-order chi connectivity index (χ1) is 10.2. The summed E-state index contributed by atoms with van der Waals surface area (Å²) in [7, 11) is 0. The van der Waals surface area contributed by atoms with Crippen LogP contribution >= 0.6 is 0 Å². The van der Waals surface area contributed by atoms with Gasteiger partial charge < -0.3 is 0 Å². The highest BCUT2D eigenvalue weighted by Gasteiger charge is 2.02. The Bertz CT molecular complexity index is 665. The average Bonchev–Trinajstić information content (AvgIpc) is 2.53. The molecule has 0 radical (unpaired) electrons. The molecule has 0 unspecified atom stereocenters. The van der Waals surface area contributed by atoms with Crippen LogP contribution in [0.15, 0.2) is 78.9 Å². The first-order valence-corrected chi connectivity index (χ1v) is 7.29. The minimum atomic E-state index is 1.19. The van der Waals surface area contributed by atoms with Crippen LogP contribution < -0.4 is 0 Å². The Morgan fingerprint density at radius 3 is 1.90 bits per heavy atom. The standard InChI is InChI=1S/C21H22/c1-5-7-21(17(4)6-2)20-14-12-19(13-15-20)18-10-8-16(3)9-11-18/h5-15H,2H2,1,3-4H3/b7-5-,21-17+. The number of benzene rings is 2. The van der Waals surface area contributed by atoms with Crippen LogP contribution in [0.25, 0.3) is 16.7 Å². The van der Waals surface area contributed by atoms with E-state index in [9.17, 15) is 0 Å². The Labute approximate surface area is 128 Å². The van der Waals surface area contributed by atoms with Crippen molar-refractivity contribution in [1.82, 2.24) is 0 Å². The molecule has 0 aliphatic carbocycles. The fourth-order valence-corrected chi connectivity index (χ4v) is 2.32. The second kappa shape index (κ2) is 6.90. The highest BCUT2D eigenvalue weighted by molar-refractivity contribution is 5.79. The van der Waals surface area contributed by atoms with Gasteiger partial charge in [0.1, 0.15) is 0 Å². The summed E-state index contributed by atoms with van der Waals surface area (Å²) in [6.07, 6.45) is 6.11. The zero-order chi connectivity index (χ0) is 15.2. The number of hydrogen-bond donors (Lipinski definition) is 0. The van der Waals surface area contributed by atoms with E-state index in [1.54, 1.807) is 0 Å². The van der Waals surface area contributed by atoms with Crippen LogP contribution in [-0.4, -0.2) is 0 Å². The average molecular weight is 274 g/mol. The lowest BCUT2D eigenvalue weighted by Gasteiger charge is -2.08. The van der Waals surface area contributed by atoms with Crippen LogP contribution in [0.4, 0.5) is 0 Å². The van der Waals surface area contributed by atoms with Crippen LogP contribution in [0.2, 0.25) is 0 Å². The normalized spacial score (nSPS) is 12.3. The molecule has 0 N–H and O–H groups in total. The summed E-state index contributed by atoms with van der Waals surface area (Å²) in [5.74, 6) is 0. The third kappa shape index (κ3) is 3.61. The molecule has 0 amide bonds. The topological polar surface area (TPSA) is 0 Å². The van der Waals surface area contributed by atoms with Gasteiger partial charge in [0.05, 0.1) is 0 Å². The van der Waals surface area contributed by atoms with Gasteiger partial charge in [0.2, 0.25) is 0 Å². The number of aryl methyl sites for hydroxylation is 1. The predicted octanol–water partition coefficient (Wildman–Crippen LogP) is 6.20. The third-order valence-electron chi connectivity index (χ3n) is 3.65. The van der Waals surface area contributed by atoms with Crippen LogP contribution in [0.1, 0.15) is 25.0 Å². The van der Waals surface area contributed by atoms with Crippen molar-refractivity contribution in [1.29, 1.82) is 0 Å². The van der Waals surface area contributed by atoms with Crippen molar-refractivity contribution >= 4 is 5.57 Å². The van der Waals surface area contributed by atoms with Gasteiger partial charge in [-0.25, -0.2) is 0 Å². The monoisotopic (exact) mass is 274 g/mol. The molecule has 106 valence electrons. The summed E-state index contributed by atoms with van der Waals surface area (Å²) in [5, 5.41) is 0. The molecule has 0 fully saturated rings. The summed E-state index contributed by atoms with van der Waals surface area (Å²) in [4.78, 5) is 0. The Kier molecular flexibility index (Phi) is 4.94. The maximum absolute atomic E-state index is 3.87. The third-order valence-corrected chi connectivity index (χ3v) is 3.65. The van der Waals surface area contributed by atoms with Crippen molar-refractivity contribution < 1.29 is 0 Å². The smallest absolute Gasteiger partial charge is 0.0158 e. The van der Waals surface area contributed by atoms with E-state index in [1.807, 2.05) is 13.0 Å². The molecule has 0 saturated heterocycles. The Morgan fingerprint density at radius 2 is 1.43 bits per heavy atom. The second-order valence-electron chi connectivity index (χ2n) is 5.24. The van der Waals surface area contributed by atoms with Crippen LogP contribution in [0.3, 0.4) is 0 Å². The molecule has 2 aromatic rings. The van der Waals surface area contributed by atoms with Crippen molar-refractivity contribution in [2.75, 3.05) is 0 Å². The van der Waals surface area contributed by atoms with E-state index in [0.29, 0.717) is 0 Å². The van der Waals surface area contributed by atoms with Crippen LogP contribution in [-0.2, 0) is 0 Å². The SMILES string of the molecule is C=C/C(C)=C(\C=C/C)c1ccc(-c2ccc(C)cc2)cc1. The second-order valence-corrected chi connectivity index (χ2v) is 5.24. The fraction of sp³-hybridized carbons (Fsp3) is 0.143. The Balaban J connectivity index is 2.38. The molecule has 0 aliphatic heterocycles. The number of allylic oxidation sites excluding steroid dienone is 5. The van der Waals surface area contributed by atoms with Crippen molar-refractivity contribution in [3.8, 4) is 11.1 Å². The van der Waals surface area contributed by atoms with Crippen molar-refractivity contribution in [2.45, 2.75) is 20.8 Å². The number of hydrogen-bond acceptors (Lipinski definition) is 0. The molecular formula is C21H22. The molecule has 21 heavy (non-hydrogen) atoms. The molecule has 0 aromatic heterocycles. The van der Waals surface area contributed by atoms with E-state index in [0.717, 1.165) is 0 Å². The molecule has 2 rings (SSSR count). The maximum atomic E-state index is 3.87. The van der Waals surface area contributed by atoms with Crippen molar-refractivity contribution in [3.63, 3.8) is 0 Å². The van der Waals surface area contributed by atoms with Crippen molar-refractivity contribution in [3.05, 3.63) is 90.0 Å². The van der Waals surface area contributed by atoms with E-state index in [-0.39, 0.29) is 0 Å². The quantitative estimate of drug-likeness (QED) is 0.582. The molecule has 0 spiro atoms. The van der Waals surface area contributed by atoms with E-state index in [2.05, 4.69) is 81.1 Å². The fourth-order valence-electron chi connectivity index (χ4n) is 2.32. The summed E-state index contributed by atoms with van der Waals surface area (Å²) in [5.41, 5.74) is 7.43. The summed E-state index contributed by atoms with van der Waals surface area (Å²) < 4.78 is 0. The zero-order valence-corrected chi connectivity index (χ0v) is 13.1. The Morgan fingerprint density at radius 1 is 0.905 bits per heavy atom. The lowest BCUT2D eigenvalue weighted by atomic mass is 9.97. The van der Waals surface area contributed by atoms with Crippen LogP contribution in [0.5, 0.6) is 0 Å². The Hall–Kier alpha value is -2.34. The lowest BCUT2D eigenvalue weighted by Crippen LogP contribution is -1.86. The molecule has 0 aliphatic rings. The van der Waals surface area contributed by atoms with Crippen molar-refractivity contribution in [2.24, 2.45) is 0 Å². The number of rotatable bonds is 4. The van der Waals surface area contributed by atoms with E-state index < -0.39 is 0 Å². The molecule has 0 atom stereocenters. The van der Waals surface area contributed by atoms with Gasteiger partial charge in [-0.3, -0.25) is 0 Å². The minimum Gasteiger partial charge on any atom is -0.0988 e. The maximum Gasteiger partial charge on any atom is -0.0158 e. The van der Waals surface area contributed by atoms with Gasteiger partial charge in [-0.15, -0.1) is 0 Å². The van der Waals surface area contributed by atoms with Crippen LogP contribution in [0, 0.1) is 6.92 Å². The van der Waals surface area contributed by atoms with Gasteiger partial charge >= 0.3 is 0 Å². The highest BCUT2D eigenvalue weighted by Crippen LogP contribution is 2.25. The van der Waals surface area contributed by atoms with Gasteiger partial charge in [0.25, 0.3) is 0 Å². The van der Waals surface area contributed by atoms with Gasteiger partial charge in [0.15, 0.2) is 0 Å². The van der Waals surface area contributed by atoms with E-state index >= 15 is 0 Å². The molecule has 0 nitrogen and oxygen atoms in total. The van der Waals surface area contributed by atoms with Gasteiger partial charge in [-0.2, -0.15) is 0 Å². The first-order valence-electron chi connectivity index (χ1n) is 7.29. The zero-order valence-electron chi connectivity index (χ0n) is 13.1. The minimum absolute atomic E-state index is 1.19. The van der Waals surface area contributed by atoms with Gasteiger partial charge in [-0.05, 0) is 48.6 Å². The summed E-state index contributed by atoms with van der Waals surface area (Å²) in [6.45, 7) is 10.1. The highest BCUT2D eigenvalue weighted by atomic mass is 14.1. The van der Waals surface area contributed by atoms with Gasteiger partial charge in [0, 0.05) is 0 Å². The molecule has 0 saturated carbocycles. The van der Waals surface area contributed by atoms with E-state index in [4.69, 9.17) is 0 Å². The molecular weight excluding hydrogens is 252 g/mol.